The van der Waals surface area contributed by atoms with E-state index in [4.69, 9.17) is 16.7 Å². The number of amides is 1. The Hall–Kier alpha value is -3.20. The minimum atomic E-state index is -0.949. The zero-order valence-electron chi connectivity index (χ0n) is 14.0. The predicted octanol–water partition coefficient (Wildman–Crippen LogP) is 2.65. The summed E-state index contributed by atoms with van der Waals surface area (Å²) < 4.78 is 15.9. The second kappa shape index (κ2) is 8.00. The fraction of sp³-hybridized carbons (Fsp3) is 0.176. The summed E-state index contributed by atoms with van der Waals surface area (Å²) in [6, 6.07) is 5.97. The molecule has 27 heavy (non-hydrogen) atoms. The number of aryl methyl sites for hydroxylation is 1. The number of carbonyl (C=O) groups is 2. The summed E-state index contributed by atoms with van der Waals surface area (Å²) in [5, 5.41) is 19.7. The van der Waals surface area contributed by atoms with Gasteiger partial charge < -0.3 is 10.4 Å². The van der Waals surface area contributed by atoms with Gasteiger partial charge in [-0.15, -0.1) is 0 Å². The monoisotopic (exact) mass is 391 g/mol. The van der Waals surface area contributed by atoms with Crippen LogP contribution in [0, 0.1) is 5.82 Å². The highest BCUT2D eigenvalue weighted by Crippen LogP contribution is 2.21. The maximum Gasteiger partial charge on any atom is 0.305 e. The van der Waals surface area contributed by atoms with Crippen molar-refractivity contribution in [3.05, 3.63) is 64.8 Å². The van der Waals surface area contributed by atoms with Crippen molar-refractivity contribution in [1.82, 2.24) is 19.6 Å². The van der Waals surface area contributed by atoms with E-state index in [2.05, 4.69) is 15.5 Å². The van der Waals surface area contributed by atoms with Crippen molar-refractivity contribution >= 4 is 29.3 Å². The Kier molecular flexibility index (Phi) is 5.51. The summed E-state index contributed by atoms with van der Waals surface area (Å²) in [6.07, 6.45) is 4.24. The lowest BCUT2D eigenvalue weighted by Gasteiger charge is -2.02. The minimum Gasteiger partial charge on any atom is -0.481 e. The molecule has 0 bridgehead atoms. The first kappa shape index (κ1) is 18.6. The lowest BCUT2D eigenvalue weighted by molar-refractivity contribution is -0.137. The smallest absolute Gasteiger partial charge is 0.305 e. The molecule has 0 radical (unpaired) electrons. The van der Waals surface area contributed by atoms with Gasteiger partial charge in [0, 0.05) is 12.4 Å². The van der Waals surface area contributed by atoms with E-state index in [0.717, 1.165) is 5.56 Å². The first-order valence-corrected chi connectivity index (χ1v) is 8.31. The van der Waals surface area contributed by atoms with Gasteiger partial charge in [0.05, 0.1) is 31.3 Å². The molecule has 0 saturated carbocycles. The molecular weight excluding hydrogens is 377 g/mol. The van der Waals surface area contributed by atoms with Gasteiger partial charge in [0.2, 0.25) is 0 Å². The second-order valence-electron chi connectivity index (χ2n) is 5.74. The van der Waals surface area contributed by atoms with Crippen molar-refractivity contribution in [2.75, 3.05) is 5.32 Å². The molecule has 1 amide bonds. The Morgan fingerprint density at radius 3 is 2.63 bits per heavy atom. The molecular formula is C17H15ClFN5O3. The van der Waals surface area contributed by atoms with E-state index in [-0.39, 0.29) is 35.2 Å². The molecule has 0 saturated heterocycles. The van der Waals surface area contributed by atoms with Crippen LogP contribution in [0.25, 0.3) is 0 Å². The molecule has 2 aromatic heterocycles. The van der Waals surface area contributed by atoms with Crippen LogP contribution in [0.2, 0.25) is 5.02 Å². The Morgan fingerprint density at radius 1 is 1.19 bits per heavy atom. The number of rotatable bonds is 7. The third-order valence-corrected chi connectivity index (χ3v) is 3.93. The van der Waals surface area contributed by atoms with E-state index in [1.54, 1.807) is 18.3 Å². The summed E-state index contributed by atoms with van der Waals surface area (Å²) in [5.41, 5.74) is 1.08. The van der Waals surface area contributed by atoms with Gasteiger partial charge in [-0.05, 0) is 17.7 Å². The van der Waals surface area contributed by atoms with Crippen LogP contribution < -0.4 is 5.32 Å². The van der Waals surface area contributed by atoms with Gasteiger partial charge in [-0.25, -0.2) is 4.39 Å². The molecule has 0 atom stereocenters. The highest BCUT2D eigenvalue weighted by Gasteiger charge is 2.14. The Balaban J connectivity index is 1.65. The summed E-state index contributed by atoms with van der Waals surface area (Å²) in [4.78, 5) is 22.9. The number of nitrogens with zero attached hydrogens (tertiary/aromatic N) is 4. The fourth-order valence-corrected chi connectivity index (χ4v) is 2.53. The zero-order chi connectivity index (χ0) is 19.4. The van der Waals surface area contributed by atoms with E-state index < -0.39 is 11.9 Å². The maximum absolute atomic E-state index is 13.0. The number of nitrogens with one attached hydrogen (secondary N) is 1. The number of aliphatic carboxylic acids is 1. The van der Waals surface area contributed by atoms with Gasteiger partial charge in [-0.1, -0.05) is 23.7 Å². The molecule has 8 nitrogen and oxygen atoms in total. The number of carboxylic acids is 1. The molecule has 3 rings (SSSR count). The minimum absolute atomic E-state index is 0.0949. The zero-order valence-corrected chi connectivity index (χ0v) is 14.7. The Morgan fingerprint density at radius 2 is 1.93 bits per heavy atom. The lowest BCUT2D eigenvalue weighted by Crippen LogP contribution is -2.12. The van der Waals surface area contributed by atoms with Gasteiger partial charge >= 0.3 is 5.97 Å². The van der Waals surface area contributed by atoms with Crippen LogP contribution in [0.5, 0.6) is 0 Å². The van der Waals surface area contributed by atoms with Crippen LogP contribution in [0.3, 0.4) is 0 Å². The molecule has 10 heteroatoms. The van der Waals surface area contributed by atoms with Gasteiger partial charge in [0.1, 0.15) is 10.8 Å². The quantitative estimate of drug-likeness (QED) is 0.644. The van der Waals surface area contributed by atoms with Gasteiger partial charge in [0.25, 0.3) is 5.91 Å². The third-order valence-electron chi connectivity index (χ3n) is 3.66. The molecule has 2 heterocycles. The topological polar surface area (TPSA) is 102 Å². The maximum atomic E-state index is 13.0. The SMILES string of the molecule is O=C(O)CCn1cc(C(=O)Nc2nn(Cc3ccc(F)cc3)cc2Cl)cn1. The van der Waals surface area contributed by atoms with Crippen molar-refractivity contribution in [2.24, 2.45) is 0 Å². The first-order chi connectivity index (χ1) is 12.9. The highest BCUT2D eigenvalue weighted by atomic mass is 35.5. The molecule has 0 fully saturated rings. The average Bonchev–Trinajstić information content (AvgIpc) is 3.22. The summed E-state index contributed by atoms with van der Waals surface area (Å²) in [6.45, 7) is 0.526. The van der Waals surface area contributed by atoms with Crippen LogP contribution in [-0.2, 0) is 17.9 Å². The van der Waals surface area contributed by atoms with Crippen LogP contribution in [0.1, 0.15) is 22.3 Å². The average molecular weight is 392 g/mol. The van der Waals surface area contributed by atoms with Crippen LogP contribution in [0.15, 0.2) is 42.9 Å². The van der Waals surface area contributed by atoms with Crippen LogP contribution in [-0.4, -0.2) is 36.5 Å². The number of benzene rings is 1. The molecule has 1 aromatic carbocycles. The standard InChI is InChI=1S/C17H15ClFN5O3/c18-14-10-24(8-11-1-3-13(19)4-2-11)22-16(14)21-17(27)12-7-20-23(9-12)6-5-15(25)26/h1-4,7,9-10H,5-6,8H2,(H,25,26)(H,21,22,27). The third kappa shape index (κ3) is 4.91. The molecule has 0 unspecified atom stereocenters. The first-order valence-electron chi connectivity index (χ1n) is 7.93. The second-order valence-corrected chi connectivity index (χ2v) is 6.15. The number of hydrogen-bond donors (Lipinski definition) is 2. The van der Waals surface area contributed by atoms with Crippen molar-refractivity contribution < 1.29 is 19.1 Å². The van der Waals surface area contributed by atoms with Gasteiger partial charge in [-0.2, -0.15) is 10.2 Å². The van der Waals surface area contributed by atoms with Crippen molar-refractivity contribution in [1.29, 1.82) is 0 Å². The Labute approximate surface area is 158 Å². The highest BCUT2D eigenvalue weighted by molar-refractivity contribution is 6.33. The molecule has 3 aromatic rings. The van der Waals surface area contributed by atoms with Gasteiger partial charge in [-0.3, -0.25) is 19.0 Å². The van der Waals surface area contributed by atoms with E-state index in [1.807, 2.05) is 0 Å². The lowest BCUT2D eigenvalue weighted by atomic mass is 10.2. The van der Waals surface area contributed by atoms with Crippen LogP contribution >= 0.6 is 11.6 Å². The normalized spacial score (nSPS) is 10.7. The van der Waals surface area contributed by atoms with Gasteiger partial charge in [0.15, 0.2) is 5.82 Å². The molecule has 0 aliphatic heterocycles. The number of carbonyl (C=O) groups excluding carboxylic acids is 1. The summed E-state index contributed by atoms with van der Waals surface area (Å²) in [7, 11) is 0. The number of aromatic nitrogens is 4. The predicted molar refractivity (Wildman–Crippen MR) is 95.2 cm³/mol. The van der Waals surface area contributed by atoms with E-state index in [1.165, 1.54) is 33.9 Å². The number of halogens is 2. The Bertz CT molecular complexity index is 967. The molecule has 0 aliphatic rings. The largest absolute Gasteiger partial charge is 0.481 e. The summed E-state index contributed by atoms with van der Waals surface area (Å²) >= 11 is 6.11. The van der Waals surface area contributed by atoms with Crippen LogP contribution in [0.4, 0.5) is 10.2 Å². The fourth-order valence-electron chi connectivity index (χ4n) is 2.33. The van der Waals surface area contributed by atoms with E-state index >= 15 is 0 Å². The molecule has 2 N–H and O–H groups in total. The number of hydrogen-bond acceptors (Lipinski definition) is 4. The van der Waals surface area contributed by atoms with Crippen molar-refractivity contribution in [2.45, 2.75) is 19.5 Å². The number of anilines is 1. The van der Waals surface area contributed by atoms with Crippen molar-refractivity contribution in [3.8, 4) is 0 Å². The molecule has 0 spiro atoms. The van der Waals surface area contributed by atoms with E-state index in [0.29, 0.717) is 6.54 Å². The van der Waals surface area contributed by atoms with Crippen molar-refractivity contribution in [3.63, 3.8) is 0 Å². The van der Waals surface area contributed by atoms with E-state index in [9.17, 15) is 14.0 Å². The molecule has 0 aliphatic carbocycles. The summed E-state index contributed by atoms with van der Waals surface area (Å²) in [5.74, 6) is -1.56. The molecule has 140 valence electrons. The number of carboxylic acid groups (broad SMARTS) is 1.